The van der Waals surface area contributed by atoms with E-state index in [0.29, 0.717) is 11.3 Å². The fraction of sp³-hybridized carbons (Fsp3) is 0.318. The van der Waals surface area contributed by atoms with Gasteiger partial charge in [0.1, 0.15) is 0 Å². The molecule has 1 saturated heterocycles. The summed E-state index contributed by atoms with van der Waals surface area (Å²) in [5.41, 5.74) is 5.01. The normalized spacial score (nSPS) is 15.8. The second kappa shape index (κ2) is 7.55. The van der Waals surface area contributed by atoms with E-state index in [9.17, 15) is 4.79 Å². The van der Waals surface area contributed by atoms with Crippen molar-refractivity contribution in [2.24, 2.45) is 7.05 Å². The molecule has 1 fully saturated rings. The van der Waals surface area contributed by atoms with E-state index in [1.54, 1.807) is 10.9 Å². The fourth-order valence-electron chi connectivity index (χ4n) is 3.99. The van der Waals surface area contributed by atoms with Crippen LogP contribution < -0.4 is 5.56 Å². The highest BCUT2D eigenvalue weighted by molar-refractivity contribution is 5.86. The molecule has 8 heteroatoms. The first-order valence-electron chi connectivity index (χ1n) is 10.2. The monoisotopic (exact) mass is 403 g/mol. The summed E-state index contributed by atoms with van der Waals surface area (Å²) in [6, 6.07) is 10.3. The third kappa shape index (κ3) is 3.67. The summed E-state index contributed by atoms with van der Waals surface area (Å²) in [7, 11) is 4.03. The van der Waals surface area contributed by atoms with Crippen LogP contribution in [0.2, 0.25) is 0 Å². The van der Waals surface area contributed by atoms with E-state index in [1.807, 2.05) is 25.4 Å². The number of hydrogen-bond acceptors (Lipinski definition) is 5. The number of fused-ring (bicyclic) bond motifs is 1. The average molecular weight is 403 g/mol. The Kier molecular flexibility index (Phi) is 4.72. The van der Waals surface area contributed by atoms with Crippen LogP contribution in [0.25, 0.3) is 33.4 Å². The number of nitrogens with zero attached hydrogens (tertiary/aromatic N) is 5. The lowest BCUT2D eigenvalue weighted by Crippen LogP contribution is -2.43. The lowest BCUT2D eigenvalue weighted by Gasteiger charge is -2.32. The van der Waals surface area contributed by atoms with Gasteiger partial charge in [-0.15, -0.1) is 0 Å². The van der Waals surface area contributed by atoms with Crippen LogP contribution in [0.15, 0.2) is 47.5 Å². The summed E-state index contributed by atoms with van der Waals surface area (Å²) in [6.07, 6.45) is 3.61. The summed E-state index contributed by atoms with van der Waals surface area (Å²) < 4.78 is 1.71. The van der Waals surface area contributed by atoms with Gasteiger partial charge in [-0.1, -0.05) is 12.1 Å². The minimum Gasteiger partial charge on any atom is -0.354 e. The molecule has 0 atom stereocenters. The Morgan fingerprint density at radius 3 is 2.67 bits per heavy atom. The highest BCUT2D eigenvalue weighted by atomic mass is 16.1. The SMILES string of the molecule is CN1CCN(Cc2ccc3cc(-c4cc(-c5cnn(C)c5)n[nH]c4=O)[nH]c3c2)CC1. The number of H-pyrrole nitrogens is 2. The van der Waals surface area contributed by atoms with Gasteiger partial charge >= 0.3 is 0 Å². The molecule has 0 unspecified atom stereocenters. The average Bonchev–Trinajstić information content (AvgIpc) is 3.36. The number of hydrogen-bond donors (Lipinski definition) is 2. The molecule has 30 heavy (non-hydrogen) atoms. The van der Waals surface area contributed by atoms with Crippen molar-refractivity contribution in [1.29, 1.82) is 0 Å². The van der Waals surface area contributed by atoms with Gasteiger partial charge in [0, 0.05) is 62.4 Å². The molecule has 4 heterocycles. The van der Waals surface area contributed by atoms with Gasteiger partial charge in [0.05, 0.1) is 23.1 Å². The van der Waals surface area contributed by atoms with E-state index in [4.69, 9.17) is 0 Å². The zero-order chi connectivity index (χ0) is 20.7. The van der Waals surface area contributed by atoms with Gasteiger partial charge in [-0.05, 0) is 30.8 Å². The van der Waals surface area contributed by atoms with E-state index in [2.05, 4.69) is 55.3 Å². The zero-order valence-electron chi connectivity index (χ0n) is 17.2. The largest absolute Gasteiger partial charge is 0.354 e. The number of likely N-dealkylation sites (N-methyl/N-ethyl adjacent to an activating group) is 1. The van der Waals surface area contributed by atoms with Crippen LogP contribution in [0.5, 0.6) is 0 Å². The first-order valence-corrected chi connectivity index (χ1v) is 10.2. The van der Waals surface area contributed by atoms with Crippen molar-refractivity contribution in [1.82, 2.24) is 34.8 Å². The molecule has 154 valence electrons. The molecular formula is C22H25N7O. The summed E-state index contributed by atoms with van der Waals surface area (Å²) in [5.74, 6) is 0. The number of nitrogens with one attached hydrogen (secondary N) is 2. The second-order valence-electron chi connectivity index (χ2n) is 8.08. The van der Waals surface area contributed by atoms with E-state index < -0.39 is 0 Å². The van der Waals surface area contributed by atoms with Crippen LogP contribution in [0, 0.1) is 0 Å². The predicted octanol–water partition coefficient (Wildman–Crippen LogP) is 2.07. The van der Waals surface area contributed by atoms with Gasteiger partial charge in [-0.25, -0.2) is 5.10 Å². The predicted molar refractivity (Wildman–Crippen MR) is 117 cm³/mol. The van der Waals surface area contributed by atoms with Crippen LogP contribution in [-0.2, 0) is 13.6 Å². The smallest absolute Gasteiger partial charge is 0.273 e. The Labute approximate surface area is 174 Å². The van der Waals surface area contributed by atoms with Crippen molar-refractivity contribution in [3.05, 3.63) is 58.6 Å². The minimum atomic E-state index is -0.216. The summed E-state index contributed by atoms with van der Waals surface area (Å²) in [5, 5.41) is 12.1. The van der Waals surface area contributed by atoms with Crippen LogP contribution in [-0.4, -0.2) is 68.0 Å². The Morgan fingerprint density at radius 1 is 1.07 bits per heavy atom. The molecule has 8 nitrogen and oxygen atoms in total. The van der Waals surface area contributed by atoms with Crippen LogP contribution in [0.3, 0.4) is 0 Å². The quantitative estimate of drug-likeness (QED) is 0.545. The second-order valence-corrected chi connectivity index (χ2v) is 8.08. The number of piperazine rings is 1. The highest BCUT2D eigenvalue weighted by Crippen LogP contribution is 2.25. The molecule has 1 aliphatic rings. The molecule has 0 radical (unpaired) electrons. The third-order valence-electron chi connectivity index (χ3n) is 5.78. The summed E-state index contributed by atoms with van der Waals surface area (Å²) in [4.78, 5) is 20.7. The topological polar surface area (TPSA) is 85.8 Å². The Hall–Kier alpha value is -3.23. The van der Waals surface area contributed by atoms with Crippen molar-refractivity contribution >= 4 is 10.9 Å². The maximum atomic E-state index is 12.5. The summed E-state index contributed by atoms with van der Waals surface area (Å²) >= 11 is 0. The third-order valence-corrected chi connectivity index (χ3v) is 5.78. The van der Waals surface area contributed by atoms with Gasteiger partial charge < -0.3 is 9.88 Å². The minimum absolute atomic E-state index is 0.216. The maximum absolute atomic E-state index is 12.5. The first-order chi connectivity index (χ1) is 14.5. The lowest BCUT2D eigenvalue weighted by atomic mass is 10.1. The van der Waals surface area contributed by atoms with Gasteiger partial charge in [-0.3, -0.25) is 14.4 Å². The standard InChI is InChI=1S/C22H25N7O/c1-27-5-7-29(8-6-27)13-15-3-4-16-10-21(24-19(16)9-15)18-11-20(25-26-22(18)30)17-12-23-28(2)14-17/h3-4,9-12,14,24H,5-8,13H2,1-2H3,(H,26,30). The molecule has 0 spiro atoms. The highest BCUT2D eigenvalue weighted by Gasteiger charge is 2.15. The van der Waals surface area contributed by atoms with Crippen molar-refractivity contribution in [3.63, 3.8) is 0 Å². The van der Waals surface area contributed by atoms with Crippen LogP contribution in [0.4, 0.5) is 0 Å². The van der Waals surface area contributed by atoms with Crippen LogP contribution in [0.1, 0.15) is 5.56 Å². The summed E-state index contributed by atoms with van der Waals surface area (Å²) in [6.45, 7) is 5.35. The van der Waals surface area contributed by atoms with E-state index in [-0.39, 0.29) is 5.56 Å². The molecule has 4 aromatic rings. The number of aromatic nitrogens is 5. The number of rotatable bonds is 4. The molecular weight excluding hydrogens is 378 g/mol. The van der Waals surface area contributed by atoms with Crippen molar-refractivity contribution in [2.45, 2.75) is 6.54 Å². The number of aromatic amines is 2. The maximum Gasteiger partial charge on any atom is 0.273 e. The molecule has 0 bridgehead atoms. The molecule has 1 aromatic carbocycles. The molecule has 5 rings (SSSR count). The van der Waals surface area contributed by atoms with E-state index >= 15 is 0 Å². The first kappa shape index (κ1) is 18.8. The number of aryl methyl sites for hydroxylation is 1. The van der Waals surface area contributed by atoms with Gasteiger partial charge in [0.2, 0.25) is 0 Å². The molecule has 2 N–H and O–H groups in total. The lowest BCUT2D eigenvalue weighted by molar-refractivity contribution is 0.148. The van der Waals surface area contributed by atoms with Gasteiger partial charge in [0.25, 0.3) is 5.56 Å². The van der Waals surface area contributed by atoms with Crippen molar-refractivity contribution in [3.8, 4) is 22.5 Å². The Balaban J connectivity index is 1.44. The van der Waals surface area contributed by atoms with Crippen molar-refractivity contribution in [2.75, 3.05) is 33.2 Å². The van der Waals surface area contributed by atoms with Gasteiger partial charge in [0.15, 0.2) is 0 Å². The number of benzene rings is 1. The van der Waals surface area contributed by atoms with E-state index in [0.717, 1.165) is 54.9 Å². The molecule has 0 saturated carbocycles. The fourth-order valence-corrected chi connectivity index (χ4v) is 3.99. The molecule has 0 aliphatic carbocycles. The molecule has 0 amide bonds. The Morgan fingerprint density at radius 2 is 1.90 bits per heavy atom. The van der Waals surface area contributed by atoms with Crippen LogP contribution >= 0.6 is 0 Å². The zero-order valence-corrected chi connectivity index (χ0v) is 17.2. The van der Waals surface area contributed by atoms with Crippen molar-refractivity contribution < 1.29 is 0 Å². The Bertz CT molecular complexity index is 1240. The van der Waals surface area contributed by atoms with Gasteiger partial charge in [-0.2, -0.15) is 10.2 Å². The van der Waals surface area contributed by atoms with E-state index in [1.165, 1.54) is 5.56 Å². The molecule has 3 aromatic heterocycles. The molecule has 1 aliphatic heterocycles.